The molecular weight excluding hydrogens is 292 g/mol. The third kappa shape index (κ3) is 2.00. The van der Waals surface area contributed by atoms with Gasteiger partial charge in [0.1, 0.15) is 5.76 Å². The number of nitrogens with zero attached hydrogens (tertiary/aromatic N) is 3. The summed E-state index contributed by atoms with van der Waals surface area (Å²) in [6.45, 7) is 0.622. The zero-order chi connectivity index (χ0) is 13.4. The molecule has 5 nitrogen and oxygen atoms in total. The van der Waals surface area contributed by atoms with Crippen LogP contribution in [0.5, 0.6) is 0 Å². The third-order valence-electron chi connectivity index (χ3n) is 2.90. The van der Waals surface area contributed by atoms with Crippen LogP contribution in [0.2, 0.25) is 0 Å². The standard InChI is InChI=1S/C13H10N4OS2/c1-2-10(18-4-1)6-14-12-16-17-11(7-15-13(17)20-12)9-3-5-19-8-9/h1-5,7-8H,6H2,(H,14,16). The molecule has 0 saturated heterocycles. The van der Waals surface area contributed by atoms with E-state index in [0.29, 0.717) is 6.54 Å². The monoisotopic (exact) mass is 302 g/mol. The van der Waals surface area contributed by atoms with Gasteiger partial charge in [-0.15, -0.1) is 5.10 Å². The molecule has 0 bridgehead atoms. The predicted molar refractivity (Wildman–Crippen MR) is 80.2 cm³/mol. The lowest BCUT2D eigenvalue weighted by Gasteiger charge is -1.97. The number of rotatable bonds is 4. The SMILES string of the molecule is c1coc(CNc2nn3c(-c4ccsc4)cnc3s2)c1. The zero-order valence-corrected chi connectivity index (χ0v) is 11.9. The molecule has 4 aromatic heterocycles. The van der Waals surface area contributed by atoms with Crippen LogP contribution in [0.4, 0.5) is 5.13 Å². The van der Waals surface area contributed by atoms with Gasteiger partial charge in [0.15, 0.2) is 0 Å². The lowest BCUT2D eigenvalue weighted by atomic mass is 10.3. The van der Waals surface area contributed by atoms with Gasteiger partial charge >= 0.3 is 0 Å². The molecule has 20 heavy (non-hydrogen) atoms. The van der Waals surface area contributed by atoms with Crippen molar-refractivity contribution in [2.75, 3.05) is 5.32 Å². The molecule has 1 N–H and O–H groups in total. The van der Waals surface area contributed by atoms with E-state index in [0.717, 1.165) is 27.1 Å². The molecule has 0 saturated carbocycles. The van der Waals surface area contributed by atoms with Crippen LogP contribution in [-0.4, -0.2) is 14.6 Å². The van der Waals surface area contributed by atoms with Gasteiger partial charge in [0, 0.05) is 10.9 Å². The van der Waals surface area contributed by atoms with Crippen molar-refractivity contribution < 1.29 is 4.42 Å². The van der Waals surface area contributed by atoms with Crippen LogP contribution in [0.3, 0.4) is 0 Å². The van der Waals surface area contributed by atoms with Gasteiger partial charge < -0.3 is 9.73 Å². The molecule has 0 aliphatic carbocycles. The van der Waals surface area contributed by atoms with E-state index in [9.17, 15) is 0 Å². The van der Waals surface area contributed by atoms with Gasteiger partial charge in [0.25, 0.3) is 0 Å². The lowest BCUT2D eigenvalue weighted by Crippen LogP contribution is -1.98. The van der Waals surface area contributed by atoms with Crippen molar-refractivity contribution in [3.63, 3.8) is 0 Å². The minimum absolute atomic E-state index is 0.622. The highest BCUT2D eigenvalue weighted by atomic mass is 32.1. The summed E-state index contributed by atoms with van der Waals surface area (Å²) in [7, 11) is 0. The van der Waals surface area contributed by atoms with Crippen LogP contribution < -0.4 is 5.32 Å². The Kier molecular flexibility index (Phi) is 2.79. The second kappa shape index (κ2) is 4.77. The number of thiophene rings is 1. The zero-order valence-electron chi connectivity index (χ0n) is 10.3. The Morgan fingerprint density at radius 3 is 3.15 bits per heavy atom. The Bertz CT molecular complexity index is 814. The van der Waals surface area contributed by atoms with Gasteiger partial charge in [-0.05, 0) is 23.6 Å². The Hall–Kier alpha value is -2.12. The van der Waals surface area contributed by atoms with Crippen molar-refractivity contribution in [1.82, 2.24) is 14.6 Å². The fourth-order valence-electron chi connectivity index (χ4n) is 1.95. The maximum absolute atomic E-state index is 5.29. The normalized spacial score (nSPS) is 11.2. The van der Waals surface area contributed by atoms with Crippen LogP contribution in [-0.2, 0) is 6.54 Å². The van der Waals surface area contributed by atoms with Crippen LogP contribution in [0.1, 0.15) is 5.76 Å². The number of fused-ring (bicyclic) bond motifs is 1. The molecule has 0 fully saturated rings. The molecule has 0 aliphatic rings. The van der Waals surface area contributed by atoms with Crippen molar-refractivity contribution in [1.29, 1.82) is 0 Å². The summed E-state index contributed by atoms with van der Waals surface area (Å²) in [4.78, 5) is 5.28. The van der Waals surface area contributed by atoms with Crippen molar-refractivity contribution in [2.24, 2.45) is 0 Å². The number of hydrogen-bond acceptors (Lipinski definition) is 6. The molecule has 0 aromatic carbocycles. The second-order valence-corrected chi connectivity index (χ2v) is 5.93. The Morgan fingerprint density at radius 2 is 2.35 bits per heavy atom. The van der Waals surface area contributed by atoms with Crippen molar-refractivity contribution >= 4 is 32.8 Å². The molecule has 100 valence electrons. The largest absolute Gasteiger partial charge is 0.467 e. The Labute approximate surface area is 122 Å². The van der Waals surface area contributed by atoms with E-state index < -0.39 is 0 Å². The van der Waals surface area contributed by atoms with Crippen molar-refractivity contribution in [2.45, 2.75) is 6.54 Å². The molecule has 0 spiro atoms. The molecule has 4 aromatic rings. The van der Waals surface area contributed by atoms with E-state index >= 15 is 0 Å². The first-order chi connectivity index (χ1) is 9.90. The molecule has 4 heterocycles. The number of imidazole rings is 1. The number of aromatic nitrogens is 3. The average Bonchev–Trinajstić information content (AvgIpc) is 3.20. The molecular formula is C13H10N4OS2. The smallest absolute Gasteiger partial charge is 0.214 e. The highest BCUT2D eigenvalue weighted by molar-refractivity contribution is 7.20. The predicted octanol–water partition coefficient (Wildman–Crippen LogP) is 3.72. The number of nitrogens with one attached hydrogen (secondary N) is 1. The number of furan rings is 1. The van der Waals surface area contributed by atoms with Crippen LogP contribution in [0.15, 0.2) is 45.8 Å². The van der Waals surface area contributed by atoms with E-state index in [1.54, 1.807) is 17.6 Å². The molecule has 4 rings (SSSR count). The maximum atomic E-state index is 5.29. The summed E-state index contributed by atoms with van der Waals surface area (Å²) >= 11 is 3.20. The summed E-state index contributed by atoms with van der Waals surface area (Å²) in [5, 5.41) is 12.8. The Morgan fingerprint density at radius 1 is 1.35 bits per heavy atom. The molecule has 0 amide bonds. The maximum Gasteiger partial charge on any atom is 0.214 e. The summed E-state index contributed by atoms with van der Waals surface area (Å²) in [6, 6.07) is 5.88. The summed E-state index contributed by atoms with van der Waals surface area (Å²) in [5.74, 6) is 0.885. The topological polar surface area (TPSA) is 55.4 Å². The van der Waals surface area contributed by atoms with Gasteiger partial charge in [0.05, 0.1) is 24.7 Å². The van der Waals surface area contributed by atoms with Crippen LogP contribution in [0.25, 0.3) is 16.2 Å². The fourth-order valence-corrected chi connectivity index (χ4v) is 3.37. The van der Waals surface area contributed by atoms with Gasteiger partial charge in [-0.2, -0.15) is 11.3 Å². The first-order valence-corrected chi connectivity index (χ1v) is 7.79. The quantitative estimate of drug-likeness (QED) is 0.624. The summed E-state index contributed by atoms with van der Waals surface area (Å²) < 4.78 is 7.16. The van der Waals surface area contributed by atoms with E-state index in [1.165, 1.54) is 11.3 Å². The molecule has 0 unspecified atom stereocenters. The number of hydrogen-bond donors (Lipinski definition) is 1. The van der Waals surface area contributed by atoms with E-state index in [1.807, 2.05) is 22.8 Å². The van der Waals surface area contributed by atoms with E-state index in [4.69, 9.17) is 4.42 Å². The molecule has 0 atom stereocenters. The molecule has 0 radical (unpaired) electrons. The third-order valence-corrected chi connectivity index (χ3v) is 4.46. The first kappa shape index (κ1) is 11.7. The highest BCUT2D eigenvalue weighted by Gasteiger charge is 2.11. The van der Waals surface area contributed by atoms with E-state index in [-0.39, 0.29) is 0 Å². The molecule has 7 heteroatoms. The first-order valence-electron chi connectivity index (χ1n) is 6.03. The highest BCUT2D eigenvalue weighted by Crippen LogP contribution is 2.27. The van der Waals surface area contributed by atoms with Gasteiger partial charge in [0.2, 0.25) is 10.1 Å². The molecule has 0 aliphatic heterocycles. The van der Waals surface area contributed by atoms with Gasteiger partial charge in [-0.3, -0.25) is 0 Å². The van der Waals surface area contributed by atoms with E-state index in [2.05, 4.69) is 32.2 Å². The minimum Gasteiger partial charge on any atom is -0.467 e. The van der Waals surface area contributed by atoms with Crippen molar-refractivity contribution in [3.05, 3.63) is 47.2 Å². The minimum atomic E-state index is 0.622. The van der Waals surface area contributed by atoms with Crippen LogP contribution in [0, 0.1) is 0 Å². The van der Waals surface area contributed by atoms with Crippen LogP contribution >= 0.6 is 22.7 Å². The van der Waals surface area contributed by atoms with Crippen molar-refractivity contribution in [3.8, 4) is 11.3 Å². The summed E-state index contributed by atoms with van der Waals surface area (Å²) in [5.41, 5.74) is 2.16. The number of anilines is 1. The second-order valence-electron chi connectivity index (χ2n) is 4.19. The van der Waals surface area contributed by atoms with Gasteiger partial charge in [-0.25, -0.2) is 9.50 Å². The summed E-state index contributed by atoms with van der Waals surface area (Å²) in [6.07, 6.45) is 3.53. The van der Waals surface area contributed by atoms with Gasteiger partial charge in [-0.1, -0.05) is 11.3 Å². The Balaban J connectivity index is 1.63. The average molecular weight is 302 g/mol. The lowest BCUT2D eigenvalue weighted by molar-refractivity contribution is 0.518. The fraction of sp³-hybridized carbons (Fsp3) is 0.0769.